The van der Waals surface area contributed by atoms with Gasteiger partial charge in [0, 0.05) is 16.1 Å². The largest absolute Gasteiger partial charge is 0.506 e. The molecule has 0 aliphatic carbocycles. The average molecular weight is 510 g/mol. The zero-order valence-corrected chi connectivity index (χ0v) is 17.0. The van der Waals surface area contributed by atoms with Gasteiger partial charge in [-0.1, -0.05) is 15.9 Å². The number of nitrogens with zero attached hydrogens (tertiary/aromatic N) is 1. The zero-order valence-electron chi connectivity index (χ0n) is 13.9. The van der Waals surface area contributed by atoms with E-state index < -0.39 is 17.8 Å². The molecule has 4 amide bonds. The molecular weight excluding hydrogens is 500 g/mol. The maximum absolute atomic E-state index is 12.9. The van der Waals surface area contributed by atoms with E-state index in [9.17, 15) is 19.5 Å². The van der Waals surface area contributed by atoms with Gasteiger partial charge in [0.2, 0.25) is 6.79 Å². The summed E-state index contributed by atoms with van der Waals surface area (Å²) in [5.41, 5.74) is 0.127. The molecule has 0 saturated carbocycles. The van der Waals surface area contributed by atoms with Crippen molar-refractivity contribution in [2.24, 2.45) is 0 Å². The molecule has 4 rings (SSSR count). The lowest BCUT2D eigenvalue weighted by Crippen LogP contribution is -2.54. The van der Waals surface area contributed by atoms with E-state index in [1.165, 1.54) is 24.3 Å². The van der Waals surface area contributed by atoms with Crippen LogP contribution in [-0.4, -0.2) is 29.7 Å². The predicted octanol–water partition coefficient (Wildman–Crippen LogP) is 3.31. The number of carbonyl (C=O) groups is 3. The lowest BCUT2D eigenvalue weighted by Gasteiger charge is -2.26. The molecule has 1 fully saturated rings. The summed E-state index contributed by atoms with van der Waals surface area (Å²) in [5, 5.41) is 12.3. The Balaban J connectivity index is 1.77. The molecule has 2 aromatic carbocycles. The summed E-state index contributed by atoms with van der Waals surface area (Å²) in [6.45, 7) is 0.0413. The number of amides is 4. The van der Waals surface area contributed by atoms with Gasteiger partial charge in [-0.3, -0.25) is 14.9 Å². The van der Waals surface area contributed by atoms with Gasteiger partial charge in [0.15, 0.2) is 11.5 Å². The van der Waals surface area contributed by atoms with Gasteiger partial charge < -0.3 is 14.6 Å². The molecule has 8 nitrogen and oxygen atoms in total. The first kappa shape index (κ1) is 18.5. The number of hydrogen-bond acceptors (Lipinski definition) is 6. The van der Waals surface area contributed by atoms with Crippen LogP contribution in [0.2, 0.25) is 0 Å². The molecule has 2 aliphatic heterocycles. The molecule has 1 saturated heterocycles. The Hall–Kier alpha value is -2.85. The molecule has 0 radical (unpaired) electrons. The fourth-order valence-electron chi connectivity index (χ4n) is 2.77. The van der Waals surface area contributed by atoms with Crippen LogP contribution in [0.15, 0.2) is 44.9 Å². The van der Waals surface area contributed by atoms with Crippen molar-refractivity contribution in [2.45, 2.75) is 0 Å². The monoisotopic (exact) mass is 508 g/mol. The Morgan fingerprint density at radius 2 is 1.82 bits per heavy atom. The van der Waals surface area contributed by atoms with E-state index in [-0.39, 0.29) is 29.4 Å². The van der Waals surface area contributed by atoms with Gasteiger partial charge in [0.05, 0.1) is 10.2 Å². The first-order valence-electron chi connectivity index (χ1n) is 7.84. The summed E-state index contributed by atoms with van der Waals surface area (Å²) < 4.78 is 11.5. The third-order valence-corrected chi connectivity index (χ3v) is 5.14. The average Bonchev–Trinajstić information content (AvgIpc) is 3.10. The number of phenolic OH excluding ortho intramolecular Hbond substituents is 1. The number of ether oxygens (including phenoxy) is 2. The van der Waals surface area contributed by atoms with Gasteiger partial charge in [0.1, 0.15) is 11.3 Å². The molecule has 28 heavy (non-hydrogen) atoms. The van der Waals surface area contributed by atoms with Crippen LogP contribution in [0.25, 0.3) is 6.08 Å². The molecule has 2 N–H and O–H groups in total. The van der Waals surface area contributed by atoms with Crippen molar-refractivity contribution in [2.75, 3.05) is 11.7 Å². The molecule has 2 heterocycles. The Kier molecular flexibility index (Phi) is 4.60. The molecule has 0 bridgehead atoms. The van der Waals surface area contributed by atoms with Gasteiger partial charge in [-0.2, -0.15) is 0 Å². The highest BCUT2D eigenvalue weighted by Gasteiger charge is 2.37. The molecule has 0 atom stereocenters. The number of imide groups is 2. The number of barbiturate groups is 1. The minimum atomic E-state index is -0.884. The number of fused-ring (bicyclic) bond motifs is 1. The van der Waals surface area contributed by atoms with Crippen LogP contribution in [0.3, 0.4) is 0 Å². The molecule has 2 aliphatic rings. The van der Waals surface area contributed by atoms with Crippen LogP contribution in [0, 0.1) is 0 Å². The van der Waals surface area contributed by atoms with Crippen LogP contribution in [-0.2, 0) is 9.59 Å². The lowest BCUT2D eigenvalue weighted by atomic mass is 10.1. The highest BCUT2D eigenvalue weighted by Crippen LogP contribution is 2.37. The van der Waals surface area contributed by atoms with Gasteiger partial charge >= 0.3 is 6.03 Å². The predicted molar refractivity (Wildman–Crippen MR) is 105 cm³/mol. The number of anilines is 1. The number of carbonyl (C=O) groups excluding carboxylic acids is 3. The summed E-state index contributed by atoms with van der Waals surface area (Å²) in [7, 11) is 0. The second kappa shape index (κ2) is 6.95. The van der Waals surface area contributed by atoms with Gasteiger partial charge in [-0.05, 0) is 46.3 Å². The molecule has 142 valence electrons. The van der Waals surface area contributed by atoms with Crippen molar-refractivity contribution in [3.8, 4) is 17.2 Å². The third kappa shape index (κ3) is 3.14. The number of aromatic hydroxyl groups is 1. The molecular formula is C18H10Br2N2O6. The van der Waals surface area contributed by atoms with Crippen molar-refractivity contribution in [3.05, 3.63) is 50.4 Å². The molecule has 0 spiro atoms. The number of rotatable bonds is 2. The molecule has 10 heteroatoms. The van der Waals surface area contributed by atoms with Crippen molar-refractivity contribution in [1.82, 2.24) is 5.32 Å². The summed E-state index contributed by atoms with van der Waals surface area (Å²) >= 11 is 6.48. The topological polar surface area (TPSA) is 105 Å². The van der Waals surface area contributed by atoms with Gasteiger partial charge in [-0.15, -0.1) is 0 Å². The van der Waals surface area contributed by atoms with Gasteiger partial charge in [0.25, 0.3) is 11.8 Å². The van der Waals surface area contributed by atoms with Crippen molar-refractivity contribution in [1.29, 1.82) is 0 Å². The van der Waals surface area contributed by atoms with Crippen LogP contribution in [0.1, 0.15) is 5.56 Å². The second-order valence-corrected chi connectivity index (χ2v) is 7.59. The molecule has 0 unspecified atom stereocenters. The Labute approximate surface area is 175 Å². The summed E-state index contributed by atoms with van der Waals surface area (Å²) in [6, 6.07) is 6.81. The number of urea groups is 1. The number of hydrogen-bond donors (Lipinski definition) is 2. The number of halogens is 2. The number of nitrogens with one attached hydrogen (secondary N) is 1. The molecule has 2 aromatic rings. The van der Waals surface area contributed by atoms with Crippen LogP contribution in [0.4, 0.5) is 10.5 Å². The van der Waals surface area contributed by atoms with Crippen LogP contribution >= 0.6 is 31.9 Å². The first-order chi connectivity index (χ1) is 13.3. The second-order valence-electron chi connectivity index (χ2n) is 5.82. The Bertz CT molecular complexity index is 1080. The normalized spacial score (nSPS) is 17.3. The van der Waals surface area contributed by atoms with Crippen LogP contribution < -0.4 is 19.7 Å². The zero-order chi connectivity index (χ0) is 20.0. The Morgan fingerprint density at radius 1 is 1.07 bits per heavy atom. The van der Waals surface area contributed by atoms with Crippen molar-refractivity contribution in [3.63, 3.8) is 0 Å². The van der Waals surface area contributed by atoms with E-state index >= 15 is 0 Å². The van der Waals surface area contributed by atoms with E-state index in [1.807, 2.05) is 0 Å². The SMILES string of the molecule is O=C1NC(=O)N(c2ccc3c(c2)OCO3)C(=O)/C1=C/c1cc(Br)cc(Br)c1O. The van der Waals surface area contributed by atoms with E-state index in [4.69, 9.17) is 9.47 Å². The maximum atomic E-state index is 12.9. The minimum Gasteiger partial charge on any atom is -0.506 e. The van der Waals surface area contributed by atoms with E-state index in [2.05, 4.69) is 37.2 Å². The third-order valence-electron chi connectivity index (χ3n) is 4.07. The summed E-state index contributed by atoms with van der Waals surface area (Å²) in [6.07, 6.45) is 1.22. The van der Waals surface area contributed by atoms with E-state index in [0.29, 0.717) is 20.4 Å². The number of phenols is 1. The summed E-state index contributed by atoms with van der Waals surface area (Å²) in [5.74, 6) is -0.966. The van der Waals surface area contributed by atoms with Crippen molar-refractivity contribution < 1.29 is 29.0 Å². The first-order valence-corrected chi connectivity index (χ1v) is 9.43. The highest BCUT2D eigenvalue weighted by atomic mass is 79.9. The van der Waals surface area contributed by atoms with Gasteiger partial charge in [-0.25, -0.2) is 9.69 Å². The molecule has 0 aromatic heterocycles. The fraction of sp³-hybridized carbons (Fsp3) is 0.0556. The maximum Gasteiger partial charge on any atom is 0.335 e. The standard InChI is InChI=1S/C18H10Br2N2O6/c19-9-3-8(15(23)12(20)5-9)4-11-16(24)21-18(26)22(17(11)25)10-1-2-13-14(6-10)28-7-27-13/h1-6,23H,7H2,(H,21,24,26)/b11-4+. The highest BCUT2D eigenvalue weighted by molar-refractivity contribution is 9.11. The van der Waals surface area contributed by atoms with E-state index in [1.54, 1.807) is 12.1 Å². The fourth-order valence-corrected chi connectivity index (χ4v) is 4.03. The summed E-state index contributed by atoms with van der Waals surface area (Å²) in [4.78, 5) is 38.3. The quantitative estimate of drug-likeness (QED) is 0.475. The van der Waals surface area contributed by atoms with Crippen LogP contribution in [0.5, 0.6) is 17.2 Å². The Morgan fingerprint density at radius 3 is 2.61 bits per heavy atom. The number of benzene rings is 2. The van der Waals surface area contributed by atoms with E-state index in [0.717, 1.165) is 4.90 Å². The smallest absolute Gasteiger partial charge is 0.335 e. The minimum absolute atomic E-state index is 0.0413. The van der Waals surface area contributed by atoms with Crippen molar-refractivity contribution >= 4 is 61.5 Å². The lowest BCUT2D eigenvalue weighted by molar-refractivity contribution is -0.122.